The second-order valence-corrected chi connectivity index (χ2v) is 11.3. The number of aromatic nitrogens is 2. The number of aryl methyl sites for hydroxylation is 1. The lowest BCUT2D eigenvalue weighted by atomic mass is 10.1. The smallest absolute Gasteiger partial charge is 0.421 e. The fourth-order valence-corrected chi connectivity index (χ4v) is 4.85. The van der Waals surface area contributed by atoms with E-state index < -0.39 is 29.6 Å². The summed E-state index contributed by atoms with van der Waals surface area (Å²) in [7, 11) is 4.10. The number of anilines is 3. The van der Waals surface area contributed by atoms with E-state index in [1.807, 2.05) is 14.1 Å². The van der Waals surface area contributed by atoms with Crippen molar-refractivity contribution in [3.63, 3.8) is 0 Å². The number of carbonyl (C=O) groups is 1. The summed E-state index contributed by atoms with van der Waals surface area (Å²) in [4.78, 5) is 33.6. The van der Waals surface area contributed by atoms with Crippen LogP contribution in [-0.2, 0) is 0 Å². The Bertz CT molecular complexity index is 1680. The lowest BCUT2D eigenvalue weighted by Gasteiger charge is -2.35. The van der Waals surface area contributed by atoms with E-state index in [9.17, 15) is 22.4 Å². The van der Waals surface area contributed by atoms with Gasteiger partial charge >= 0.3 is 12.2 Å². The average Bonchev–Trinajstić information content (AvgIpc) is 3.02. The maximum atomic E-state index is 13.6. The summed E-state index contributed by atoms with van der Waals surface area (Å²) in [6, 6.07) is 7.88. The number of amidine groups is 1. The molecule has 16 heteroatoms. The Kier molecular flexibility index (Phi) is 9.53. The maximum absolute atomic E-state index is 13.6. The summed E-state index contributed by atoms with van der Waals surface area (Å²) in [5, 5.41) is 5.52. The molecule has 4 N–H and O–H groups in total. The summed E-state index contributed by atoms with van der Waals surface area (Å²) in [5.41, 5.74) is 8.56. The highest BCUT2D eigenvalue weighted by molar-refractivity contribution is 6.06. The van der Waals surface area contributed by atoms with E-state index in [1.165, 1.54) is 24.4 Å². The van der Waals surface area contributed by atoms with Crippen molar-refractivity contribution in [3.8, 4) is 11.5 Å². The Morgan fingerprint density at radius 3 is 2.47 bits per heavy atom. The van der Waals surface area contributed by atoms with Gasteiger partial charge in [-0.3, -0.25) is 9.69 Å². The highest BCUT2D eigenvalue weighted by Crippen LogP contribution is 2.47. The second kappa shape index (κ2) is 13.4. The minimum absolute atomic E-state index is 0.00990. The molecule has 0 spiro atoms. The first-order chi connectivity index (χ1) is 22.3. The molecule has 1 aromatic heterocycles. The number of halogens is 4. The fraction of sp³-hybridized carbons (Fsp3) is 0.355. The molecule has 12 nitrogen and oxygen atoms in total. The number of nitrogens with one attached hydrogen (secondary N) is 2. The first-order valence-corrected chi connectivity index (χ1v) is 14.7. The number of aliphatic imine (C=N–C) groups is 1. The molecule has 0 unspecified atom stereocenters. The second-order valence-electron chi connectivity index (χ2n) is 11.3. The van der Waals surface area contributed by atoms with E-state index >= 15 is 0 Å². The molecule has 5 rings (SSSR count). The van der Waals surface area contributed by atoms with Crippen LogP contribution in [0.25, 0.3) is 0 Å². The largest absolute Gasteiger partial charge is 0.507 e. The monoisotopic (exact) mass is 657 g/mol. The van der Waals surface area contributed by atoms with Crippen molar-refractivity contribution in [1.82, 2.24) is 19.8 Å². The third-order valence-electron chi connectivity index (χ3n) is 7.52. The van der Waals surface area contributed by atoms with E-state index in [0.717, 1.165) is 51.4 Å². The van der Waals surface area contributed by atoms with Gasteiger partial charge in [-0.25, -0.2) is 15.0 Å². The molecule has 0 atom stereocenters. The zero-order valence-electron chi connectivity index (χ0n) is 26.1. The SMILES string of the molecule is C=CNc1cnc(N2CCN(CCN(C)C)CC2)nc1C(N)=Nc1cc(C(=O)Nc2ccc3c(c2)OC(F)(F)C(F)(F)O3)ccc1C. The number of likely N-dealkylation sites (N-methyl/N-ethyl adjacent to an activating group) is 1. The molecule has 0 aliphatic carbocycles. The molecule has 0 saturated carbocycles. The van der Waals surface area contributed by atoms with Gasteiger partial charge in [0, 0.05) is 56.6 Å². The van der Waals surface area contributed by atoms with Crippen molar-refractivity contribution in [3.05, 3.63) is 72.2 Å². The Hall–Kier alpha value is -4.96. The molecule has 2 aliphatic heterocycles. The van der Waals surface area contributed by atoms with Gasteiger partial charge in [-0.05, 0) is 57.0 Å². The Morgan fingerprint density at radius 1 is 1.09 bits per heavy atom. The molecule has 0 bridgehead atoms. The molecule has 3 heterocycles. The summed E-state index contributed by atoms with van der Waals surface area (Å²) in [6.45, 7) is 10.7. The number of piperazine rings is 1. The van der Waals surface area contributed by atoms with Gasteiger partial charge in [0.15, 0.2) is 17.3 Å². The van der Waals surface area contributed by atoms with E-state index in [-0.39, 0.29) is 17.1 Å². The van der Waals surface area contributed by atoms with Crippen LogP contribution < -0.4 is 30.7 Å². The van der Waals surface area contributed by atoms with Crippen LogP contribution in [-0.4, -0.2) is 97.1 Å². The van der Waals surface area contributed by atoms with Gasteiger partial charge in [0.25, 0.3) is 5.91 Å². The van der Waals surface area contributed by atoms with Gasteiger partial charge in [-0.2, -0.15) is 17.6 Å². The van der Waals surface area contributed by atoms with Gasteiger partial charge < -0.3 is 35.6 Å². The van der Waals surface area contributed by atoms with Crippen LogP contribution >= 0.6 is 0 Å². The van der Waals surface area contributed by atoms with Crippen LogP contribution in [0, 0.1) is 6.92 Å². The molecule has 250 valence electrons. The maximum Gasteiger partial charge on any atom is 0.507 e. The first kappa shape index (κ1) is 33.4. The lowest BCUT2D eigenvalue weighted by Crippen LogP contribution is -2.52. The standard InChI is InChI=1S/C31H35F4N9O3/c1-5-37-23-18-38-29(44-14-12-43(13-15-44)11-10-42(3)4)41-26(23)27(36)40-22-16-20(7-6-19(22)2)28(45)39-21-8-9-24-25(17-21)47-31(34,35)30(32,33)46-24/h5-9,16-18,37H,1,10-15H2,2-4H3,(H2,36,40)(H,39,45). The minimum Gasteiger partial charge on any atom is -0.421 e. The van der Waals surface area contributed by atoms with Gasteiger partial charge in [-0.15, -0.1) is 0 Å². The first-order valence-electron chi connectivity index (χ1n) is 14.7. The number of hydrogen-bond acceptors (Lipinski definition) is 10. The van der Waals surface area contributed by atoms with Crippen molar-refractivity contribution in [2.75, 3.05) is 68.9 Å². The Balaban J connectivity index is 1.34. The molecule has 1 fully saturated rings. The van der Waals surface area contributed by atoms with E-state index in [4.69, 9.17) is 10.7 Å². The molecule has 2 aromatic carbocycles. The molecule has 1 saturated heterocycles. The summed E-state index contributed by atoms with van der Waals surface area (Å²) in [6.07, 6.45) is -6.65. The molecule has 47 heavy (non-hydrogen) atoms. The number of carbonyl (C=O) groups excluding carboxylic acids is 1. The quantitative estimate of drug-likeness (QED) is 0.165. The van der Waals surface area contributed by atoms with Gasteiger partial charge in [0.2, 0.25) is 5.95 Å². The summed E-state index contributed by atoms with van der Waals surface area (Å²) >= 11 is 0. The predicted octanol–water partition coefficient (Wildman–Crippen LogP) is 4.27. The highest BCUT2D eigenvalue weighted by atomic mass is 19.3. The molecule has 2 aliphatic rings. The minimum atomic E-state index is -4.89. The van der Waals surface area contributed by atoms with Crippen molar-refractivity contribution in [2.45, 2.75) is 19.1 Å². The third-order valence-corrected chi connectivity index (χ3v) is 7.52. The van der Waals surface area contributed by atoms with Crippen molar-refractivity contribution >= 4 is 34.8 Å². The number of nitrogens with zero attached hydrogens (tertiary/aromatic N) is 6. The van der Waals surface area contributed by atoms with Crippen LogP contribution in [0.4, 0.5) is 40.6 Å². The Labute approximate surface area is 268 Å². The number of rotatable bonds is 10. The summed E-state index contributed by atoms with van der Waals surface area (Å²) < 4.78 is 62.5. The molecule has 0 radical (unpaired) electrons. The molecule has 3 aromatic rings. The van der Waals surface area contributed by atoms with E-state index in [2.05, 4.69) is 51.4 Å². The number of fused-ring (bicyclic) bond motifs is 1. The normalized spacial score (nSPS) is 17.4. The molecular formula is C31H35F4N9O3. The summed E-state index contributed by atoms with van der Waals surface area (Å²) in [5.74, 6) is -1.31. The molecular weight excluding hydrogens is 622 g/mol. The van der Waals surface area contributed by atoms with E-state index in [1.54, 1.807) is 19.2 Å². The average molecular weight is 658 g/mol. The molecule has 1 amide bonds. The van der Waals surface area contributed by atoms with Crippen LogP contribution in [0.5, 0.6) is 11.5 Å². The van der Waals surface area contributed by atoms with Crippen LogP contribution in [0.15, 0.2) is 60.4 Å². The zero-order valence-corrected chi connectivity index (χ0v) is 26.1. The number of alkyl halides is 4. The van der Waals surface area contributed by atoms with Gasteiger partial charge in [0.1, 0.15) is 5.69 Å². The van der Waals surface area contributed by atoms with E-state index in [0.29, 0.717) is 28.6 Å². The number of benzene rings is 2. The highest BCUT2D eigenvalue weighted by Gasteiger charge is 2.66. The third kappa shape index (κ3) is 7.55. The topological polar surface area (TPSA) is 133 Å². The van der Waals surface area contributed by atoms with Crippen LogP contribution in [0.3, 0.4) is 0 Å². The van der Waals surface area contributed by atoms with Crippen LogP contribution in [0.1, 0.15) is 21.6 Å². The fourth-order valence-electron chi connectivity index (χ4n) is 4.85. The number of amides is 1. The Morgan fingerprint density at radius 2 is 1.79 bits per heavy atom. The van der Waals surface area contributed by atoms with Gasteiger partial charge in [-0.1, -0.05) is 12.6 Å². The number of hydrogen-bond donors (Lipinski definition) is 3. The number of ether oxygens (including phenoxy) is 2. The zero-order chi connectivity index (χ0) is 33.9. The van der Waals surface area contributed by atoms with Crippen molar-refractivity contribution < 1.29 is 31.8 Å². The number of nitrogens with two attached hydrogens (primary N) is 1. The lowest BCUT2D eigenvalue weighted by molar-refractivity contribution is -0.391. The van der Waals surface area contributed by atoms with Crippen molar-refractivity contribution in [1.29, 1.82) is 0 Å². The van der Waals surface area contributed by atoms with Crippen molar-refractivity contribution in [2.24, 2.45) is 10.7 Å². The predicted molar refractivity (Wildman–Crippen MR) is 170 cm³/mol. The van der Waals surface area contributed by atoms with Gasteiger partial charge in [0.05, 0.1) is 17.6 Å². The van der Waals surface area contributed by atoms with Crippen LogP contribution in [0.2, 0.25) is 0 Å².